The van der Waals surface area contributed by atoms with Crippen LogP contribution in [0.1, 0.15) is 21.5 Å². The van der Waals surface area contributed by atoms with Gasteiger partial charge in [-0.25, -0.2) is 4.98 Å². The molecular formula is C22H23N3O2. The maximum absolute atomic E-state index is 12.3. The molecule has 0 bridgehead atoms. The topological polar surface area (TPSA) is 63.2 Å². The molecule has 0 saturated heterocycles. The third-order valence-electron chi connectivity index (χ3n) is 4.20. The first-order chi connectivity index (χ1) is 13.2. The maximum atomic E-state index is 12.3. The molecule has 0 aliphatic rings. The second-order valence-electron chi connectivity index (χ2n) is 6.24. The lowest BCUT2D eigenvalue weighted by Crippen LogP contribution is -2.13. The average molecular weight is 361 g/mol. The van der Waals surface area contributed by atoms with Crippen LogP contribution in [0, 0.1) is 6.92 Å². The van der Waals surface area contributed by atoms with Gasteiger partial charge in [-0.15, -0.1) is 0 Å². The molecule has 0 spiro atoms. The van der Waals surface area contributed by atoms with Gasteiger partial charge in [0.2, 0.25) is 0 Å². The van der Waals surface area contributed by atoms with E-state index in [1.54, 1.807) is 25.4 Å². The van der Waals surface area contributed by atoms with Gasteiger partial charge in [-0.05, 0) is 49.2 Å². The molecule has 138 valence electrons. The summed E-state index contributed by atoms with van der Waals surface area (Å²) in [5.41, 5.74) is 3.72. The van der Waals surface area contributed by atoms with Crippen LogP contribution in [0.25, 0.3) is 0 Å². The number of pyridine rings is 1. The van der Waals surface area contributed by atoms with Crippen molar-refractivity contribution < 1.29 is 9.53 Å². The molecule has 0 atom stereocenters. The third-order valence-corrected chi connectivity index (χ3v) is 4.20. The number of hydrogen-bond donors (Lipinski definition) is 2. The molecule has 0 aliphatic carbocycles. The minimum Gasteiger partial charge on any atom is -0.496 e. The summed E-state index contributed by atoms with van der Waals surface area (Å²) in [7, 11) is 1.68. The molecule has 2 aromatic carbocycles. The number of aromatic nitrogens is 1. The Labute approximate surface area is 159 Å². The predicted molar refractivity (Wildman–Crippen MR) is 109 cm³/mol. The van der Waals surface area contributed by atoms with Crippen molar-refractivity contribution in [2.45, 2.75) is 13.3 Å². The van der Waals surface area contributed by atoms with E-state index < -0.39 is 0 Å². The van der Waals surface area contributed by atoms with Gasteiger partial charge >= 0.3 is 0 Å². The standard InChI is InChI=1S/C22H23N3O2/c1-16-6-5-8-18(14-16)22(26)25-21-11-10-19(15-24-21)23-13-12-17-7-3-4-9-20(17)27-2/h3-11,14-15,23H,12-13H2,1-2H3,(H,24,25,26). The zero-order valence-corrected chi connectivity index (χ0v) is 15.5. The first-order valence-corrected chi connectivity index (χ1v) is 8.85. The van der Waals surface area contributed by atoms with Crippen molar-refractivity contribution in [2.75, 3.05) is 24.3 Å². The van der Waals surface area contributed by atoms with E-state index in [1.165, 1.54) is 0 Å². The van der Waals surface area contributed by atoms with E-state index in [-0.39, 0.29) is 5.91 Å². The fourth-order valence-electron chi connectivity index (χ4n) is 2.80. The van der Waals surface area contributed by atoms with Crippen molar-refractivity contribution in [3.05, 3.63) is 83.6 Å². The van der Waals surface area contributed by atoms with Gasteiger partial charge in [-0.2, -0.15) is 0 Å². The number of rotatable bonds is 7. The summed E-state index contributed by atoms with van der Waals surface area (Å²) in [6.45, 7) is 2.72. The largest absolute Gasteiger partial charge is 0.496 e. The summed E-state index contributed by atoms with van der Waals surface area (Å²) in [5, 5.41) is 6.15. The Morgan fingerprint density at radius 3 is 2.67 bits per heavy atom. The SMILES string of the molecule is COc1ccccc1CCNc1ccc(NC(=O)c2cccc(C)c2)nc1. The van der Waals surface area contributed by atoms with E-state index in [1.807, 2.05) is 49.4 Å². The van der Waals surface area contributed by atoms with E-state index in [9.17, 15) is 4.79 Å². The summed E-state index contributed by atoms with van der Waals surface area (Å²) in [5.74, 6) is 1.26. The first kappa shape index (κ1) is 18.5. The highest BCUT2D eigenvalue weighted by Crippen LogP contribution is 2.18. The number of anilines is 2. The maximum Gasteiger partial charge on any atom is 0.256 e. The van der Waals surface area contributed by atoms with Gasteiger partial charge in [0, 0.05) is 12.1 Å². The van der Waals surface area contributed by atoms with Crippen LogP contribution in [0.4, 0.5) is 11.5 Å². The van der Waals surface area contributed by atoms with Crippen LogP contribution in [0.2, 0.25) is 0 Å². The van der Waals surface area contributed by atoms with Crippen LogP contribution >= 0.6 is 0 Å². The predicted octanol–water partition coefficient (Wildman–Crippen LogP) is 4.31. The van der Waals surface area contributed by atoms with Crippen molar-refractivity contribution >= 4 is 17.4 Å². The molecule has 0 unspecified atom stereocenters. The summed E-state index contributed by atoms with van der Waals surface area (Å²) in [4.78, 5) is 16.6. The number of nitrogens with zero attached hydrogens (tertiary/aromatic N) is 1. The van der Waals surface area contributed by atoms with Crippen LogP contribution < -0.4 is 15.4 Å². The van der Waals surface area contributed by atoms with Crippen molar-refractivity contribution in [2.24, 2.45) is 0 Å². The van der Waals surface area contributed by atoms with E-state index in [4.69, 9.17) is 4.74 Å². The average Bonchev–Trinajstić information content (AvgIpc) is 2.69. The number of carbonyl (C=O) groups excluding carboxylic acids is 1. The molecule has 3 rings (SSSR count). The zero-order valence-electron chi connectivity index (χ0n) is 15.5. The quantitative estimate of drug-likeness (QED) is 0.658. The third kappa shape index (κ3) is 5.07. The Hall–Kier alpha value is -3.34. The number of para-hydroxylation sites is 1. The van der Waals surface area contributed by atoms with Gasteiger partial charge in [0.05, 0.1) is 19.0 Å². The fraction of sp³-hybridized carbons (Fsp3) is 0.182. The molecule has 0 saturated carbocycles. The second-order valence-corrected chi connectivity index (χ2v) is 6.24. The summed E-state index contributed by atoms with van der Waals surface area (Å²) < 4.78 is 5.36. The lowest BCUT2D eigenvalue weighted by atomic mass is 10.1. The first-order valence-electron chi connectivity index (χ1n) is 8.85. The minimum absolute atomic E-state index is 0.164. The van der Waals surface area contributed by atoms with Gasteiger partial charge in [0.1, 0.15) is 11.6 Å². The molecule has 2 N–H and O–H groups in total. The van der Waals surface area contributed by atoms with Crippen LogP contribution in [0.5, 0.6) is 5.75 Å². The normalized spacial score (nSPS) is 10.3. The van der Waals surface area contributed by atoms with E-state index in [0.717, 1.165) is 35.5 Å². The monoisotopic (exact) mass is 361 g/mol. The van der Waals surface area contributed by atoms with Gasteiger partial charge < -0.3 is 15.4 Å². The Bertz CT molecular complexity index is 907. The van der Waals surface area contributed by atoms with Crippen molar-refractivity contribution in [3.63, 3.8) is 0 Å². The Morgan fingerprint density at radius 2 is 1.93 bits per heavy atom. The smallest absolute Gasteiger partial charge is 0.256 e. The number of benzene rings is 2. The molecule has 27 heavy (non-hydrogen) atoms. The van der Waals surface area contributed by atoms with E-state index in [0.29, 0.717) is 11.4 Å². The molecular weight excluding hydrogens is 338 g/mol. The lowest BCUT2D eigenvalue weighted by molar-refractivity contribution is 0.102. The van der Waals surface area contributed by atoms with Crippen molar-refractivity contribution in [1.82, 2.24) is 4.98 Å². The molecule has 5 heteroatoms. The summed E-state index contributed by atoms with van der Waals surface area (Å²) in [6.07, 6.45) is 2.56. The fourth-order valence-corrected chi connectivity index (χ4v) is 2.80. The molecule has 1 amide bonds. The number of hydrogen-bond acceptors (Lipinski definition) is 4. The van der Waals surface area contributed by atoms with Crippen LogP contribution in [-0.2, 0) is 6.42 Å². The number of aryl methyl sites for hydroxylation is 1. The molecule has 1 heterocycles. The van der Waals surface area contributed by atoms with Crippen molar-refractivity contribution in [3.8, 4) is 5.75 Å². The zero-order chi connectivity index (χ0) is 19.1. The van der Waals surface area contributed by atoms with Crippen LogP contribution in [-0.4, -0.2) is 24.5 Å². The van der Waals surface area contributed by atoms with Gasteiger partial charge in [0.25, 0.3) is 5.91 Å². The van der Waals surface area contributed by atoms with Gasteiger partial charge in [-0.1, -0.05) is 35.9 Å². The molecule has 0 aliphatic heterocycles. The lowest BCUT2D eigenvalue weighted by Gasteiger charge is -2.10. The number of ether oxygens (including phenoxy) is 1. The highest BCUT2D eigenvalue weighted by Gasteiger charge is 2.07. The minimum atomic E-state index is -0.164. The Morgan fingerprint density at radius 1 is 1.07 bits per heavy atom. The van der Waals surface area contributed by atoms with E-state index in [2.05, 4.69) is 21.7 Å². The molecule has 0 fully saturated rings. The number of amides is 1. The summed E-state index contributed by atoms with van der Waals surface area (Å²) in [6, 6.07) is 19.1. The molecule has 3 aromatic rings. The Balaban J connectivity index is 1.53. The Kier molecular flexibility index (Phi) is 6.05. The van der Waals surface area contributed by atoms with Crippen LogP contribution in [0.15, 0.2) is 66.9 Å². The second kappa shape index (κ2) is 8.85. The van der Waals surface area contributed by atoms with Gasteiger partial charge in [-0.3, -0.25) is 4.79 Å². The highest BCUT2D eigenvalue weighted by atomic mass is 16.5. The molecule has 1 aromatic heterocycles. The van der Waals surface area contributed by atoms with Crippen molar-refractivity contribution in [1.29, 1.82) is 0 Å². The van der Waals surface area contributed by atoms with Gasteiger partial charge in [0.15, 0.2) is 0 Å². The number of nitrogens with one attached hydrogen (secondary N) is 2. The highest BCUT2D eigenvalue weighted by molar-refractivity contribution is 6.03. The number of carbonyl (C=O) groups is 1. The van der Waals surface area contributed by atoms with E-state index >= 15 is 0 Å². The molecule has 0 radical (unpaired) electrons. The van der Waals surface area contributed by atoms with Crippen LogP contribution in [0.3, 0.4) is 0 Å². The summed E-state index contributed by atoms with van der Waals surface area (Å²) >= 11 is 0. The number of methoxy groups -OCH3 is 1. The molecule has 5 nitrogen and oxygen atoms in total.